The van der Waals surface area contributed by atoms with Gasteiger partial charge in [-0.3, -0.25) is 4.79 Å². The lowest BCUT2D eigenvalue weighted by Gasteiger charge is -2.39. The standard InChI is InChI=1S/C23H29NO8.ClH/c24-8-2-4-13-6-7-17(31-23-22(30)21(29)20(28)18(12-25)32-23)16(10-13)15-5-1-3-14(9-15)11-19(26)27;/h1,3,5-7,9-10,18,20-23,25,28-30H,2,4,8,11-12,24H2,(H,26,27);1H/t18-,20-,21+,22+,23+;/m1./s1. The maximum atomic E-state index is 11.1. The fraction of sp³-hybridized carbons (Fsp3) is 0.435. The first-order chi connectivity index (χ1) is 15.3. The first-order valence-electron chi connectivity index (χ1n) is 10.5. The van der Waals surface area contributed by atoms with Crippen LogP contribution in [0.2, 0.25) is 0 Å². The molecule has 1 aliphatic heterocycles. The van der Waals surface area contributed by atoms with Gasteiger partial charge in [-0.05, 0) is 35.2 Å². The monoisotopic (exact) mass is 483 g/mol. The molecule has 0 radical (unpaired) electrons. The Labute approximate surface area is 197 Å². The lowest BCUT2D eigenvalue weighted by atomic mass is 9.97. The number of rotatable bonds is 9. The Hall–Kier alpha value is -2.24. The Morgan fingerprint density at radius 3 is 2.45 bits per heavy atom. The van der Waals surface area contributed by atoms with E-state index in [1.54, 1.807) is 24.3 Å². The first kappa shape index (κ1) is 27.0. The highest BCUT2D eigenvalue weighted by Gasteiger charge is 2.44. The number of quaternary nitrogens is 1. The second-order valence-electron chi connectivity index (χ2n) is 7.87. The number of aryl methyl sites for hydroxylation is 1. The van der Waals surface area contributed by atoms with E-state index >= 15 is 0 Å². The smallest absolute Gasteiger partial charge is 0.307 e. The van der Waals surface area contributed by atoms with Crippen molar-refractivity contribution in [2.45, 2.75) is 50.0 Å². The fourth-order valence-corrected chi connectivity index (χ4v) is 3.70. The molecule has 2 aromatic carbocycles. The van der Waals surface area contributed by atoms with Crippen molar-refractivity contribution < 1.29 is 57.9 Å². The average molecular weight is 484 g/mol. The molecule has 33 heavy (non-hydrogen) atoms. The van der Waals surface area contributed by atoms with E-state index in [2.05, 4.69) is 5.73 Å². The van der Waals surface area contributed by atoms with Gasteiger partial charge in [0.15, 0.2) is 0 Å². The topological polar surface area (TPSA) is 164 Å². The highest BCUT2D eigenvalue weighted by atomic mass is 35.5. The second-order valence-corrected chi connectivity index (χ2v) is 7.87. The van der Waals surface area contributed by atoms with Crippen molar-refractivity contribution in [3.8, 4) is 16.9 Å². The van der Waals surface area contributed by atoms with Gasteiger partial charge in [0.25, 0.3) is 0 Å². The molecule has 1 fully saturated rings. The lowest BCUT2D eigenvalue weighted by molar-refractivity contribution is -0.368. The zero-order valence-corrected chi connectivity index (χ0v) is 18.8. The third-order valence-electron chi connectivity index (χ3n) is 5.44. The predicted octanol–water partition coefficient (Wildman–Crippen LogP) is -3.66. The summed E-state index contributed by atoms with van der Waals surface area (Å²) in [4.78, 5) is 11.1. The summed E-state index contributed by atoms with van der Waals surface area (Å²) in [5.41, 5.74) is 6.91. The number of aliphatic hydroxyl groups is 4. The van der Waals surface area contributed by atoms with Crippen LogP contribution in [0.25, 0.3) is 11.1 Å². The number of carbonyl (C=O) groups is 1. The van der Waals surface area contributed by atoms with Crippen LogP contribution in [0.4, 0.5) is 0 Å². The van der Waals surface area contributed by atoms with E-state index in [1.807, 2.05) is 18.2 Å². The zero-order chi connectivity index (χ0) is 23.3. The Bertz CT molecular complexity index is 925. The van der Waals surface area contributed by atoms with Crippen molar-refractivity contribution in [2.75, 3.05) is 13.2 Å². The van der Waals surface area contributed by atoms with Gasteiger partial charge in [-0.2, -0.15) is 0 Å². The number of ether oxygens (including phenoxy) is 2. The third kappa shape index (κ3) is 6.64. The van der Waals surface area contributed by atoms with E-state index < -0.39 is 43.3 Å². The molecule has 1 aliphatic rings. The normalized spacial score (nSPS) is 24.7. The summed E-state index contributed by atoms with van der Waals surface area (Å²) < 4.78 is 11.4. The number of carboxylic acids is 1. The molecular formula is C23H30ClNO8. The zero-order valence-electron chi connectivity index (χ0n) is 18.0. The molecule has 0 amide bonds. The molecule has 0 spiro atoms. The van der Waals surface area contributed by atoms with Crippen LogP contribution in [0.1, 0.15) is 17.5 Å². The predicted molar refractivity (Wildman–Crippen MR) is 114 cm³/mol. The molecule has 182 valence electrons. The van der Waals surface area contributed by atoms with E-state index in [1.165, 1.54) is 0 Å². The van der Waals surface area contributed by atoms with Gasteiger partial charge in [-0.25, -0.2) is 0 Å². The Morgan fingerprint density at radius 1 is 1.03 bits per heavy atom. The maximum Gasteiger partial charge on any atom is 0.307 e. The van der Waals surface area contributed by atoms with Crippen molar-refractivity contribution in [1.82, 2.24) is 0 Å². The molecule has 0 aromatic heterocycles. The van der Waals surface area contributed by atoms with Gasteiger partial charge in [0.05, 0.1) is 19.6 Å². The summed E-state index contributed by atoms with van der Waals surface area (Å²) in [5.74, 6) is -0.593. The average Bonchev–Trinajstić information content (AvgIpc) is 2.78. The van der Waals surface area contributed by atoms with Crippen LogP contribution in [0.5, 0.6) is 5.75 Å². The molecule has 3 rings (SSSR count). The molecule has 0 aliphatic carbocycles. The quantitative estimate of drug-likeness (QED) is 0.212. The Kier molecular flexibility index (Phi) is 10.1. The third-order valence-corrected chi connectivity index (χ3v) is 5.44. The van der Waals surface area contributed by atoms with E-state index in [-0.39, 0.29) is 18.8 Å². The minimum atomic E-state index is -1.55. The van der Waals surface area contributed by atoms with Crippen LogP contribution < -0.4 is 22.9 Å². The van der Waals surface area contributed by atoms with Crippen LogP contribution in [-0.4, -0.2) is 75.4 Å². The van der Waals surface area contributed by atoms with E-state index in [0.717, 1.165) is 30.5 Å². The SMILES string of the molecule is [Cl-].[NH3+]CCCc1ccc(O[C@H]2O[C@H](CO)[C@@H](O)[C@H](O)[C@@H]2O)c(-c2cccc(CC(=O)O)c2)c1. The molecule has 0 saturated carbocycles. The van der Waals surface area contributed by atoms with Gasteiger partial charge in [0.2, 0.25) is 6.29 Å². The molecule has 5 atom stereocenters. The van der Waals surface area contributed by atoms with Gasteiger partial charge in [-0.1, -0.05) is 30.3 Å². The van der Waals surface area contributed by atoms with Crippen LogP contribution >= 0.6 is 0 Å². The highest BCUT2D eigenvalue weighted by Crippen LogP contribution is 2.34. The van der Waals surface area contributed by atoms with E-state index in [9.17, 15) is 25.2 Å². The van der Waals surface area contributed by atoms with Gasteiger partial charge >= 0.3 is 5.97 Å². The van der Waals surface area contributed by atoms with Crippen molar-refractivity contribution in [3.63, 3.8) is 0 Å². The number of benzene rings is 2. The molecule has 0 bridgehead atoms. The van der Waals surface area contributed by atoms with Crippen LogP contribution in [0.15, 0.2) is 42.5 Å². The summed E-state index contributed by atoms with van der Waals surface area (Å²) >= 11 is 0. The highest BCUT2D eigenvalue weighted by molar-refractivity contribution is 5.74. The summed E-state index contributed by atoms with van der Waals surface area (Å²) in [6.07, 6.45) is -5.41. The van der Waals surface area contributed by atoms with Crippen molar-refractivity contribution in [2.24, 2.45) is 0 Å². The molecule has 1 saturated heterocycles. The fourth-order valence-electron chi connectivity index (χ4n) is 3.70. The van der Waals surface area contributed by atoms with E-state index in [0.29, 0.717) is 16.9 Å². The van der Waals surface area contributed by atoms with E-state index in [4.69, 9.17) is 14.6 Å². The summed E-state index contributed by atoms with van der Waals surface area (Å²) in [6.45, 7) is 0.228. The van der Waals surface area contributed by atoms with Crippen LogP contribution in [0, 0.1) is 0 Å². The van der Waals surface area contributed by atoms with Crippen molar-refractivity contribution in [3.05, 3.63) is 53.6 Å². The minimum absolute atomic E-state index is 0. The van der Waals surface area contributed by atoms with Crippen molar-refractivity contribution >= 4 is 5.97 Å². The number of halogens is 1. The van der Waals surface area contributed by atoms with Crippen LogP contribution in [0.3, 0.4) is 0 Å². The summed E-state index contributed by atoms with van der Waals surface area (Å²) in [7, 11) is 0. The van der Waals surface area contributed by atoms with Gasteiger partial charge in [-0.15, -0.1) is 0 Å². The summed E-state index contributed by atoms with van der Waals surface area (Å²) in [6, 6.07) is 12.6. The van der Waals surface area contributed by atoms with Gasteiger partial charge in [0, 0.05) is 12.0 Å². The van der Waals surface area contributed by atoms with Gasteiger partial charge < -0.3 is 53.1 Å². The lowest BCUT2D eigenvalue weighted by Crippen LogP contribution is -3.00. The Balaban J connectivity index is 0.00000385. The van der Waals surface area contributed by atoms with Crippen molar-refractivity contribution in [1.29, 1.82) is 0 Å². The molecule has 1 heterocycles. The number of aliphatic carboxylic acids is 1. The molecule has 0 unspecified atom stereocenters. The number of carboxylic acid groups (broad SMARTS) is 1. The Morgan fingerprint density at radius 2 is 1.79 bits per heavy atom. The molecule has 9 nitrogen and oxygen atoms in total. The second kappa shape index (κ2) is 12.3. The molecule has 8 N–H and O–H groups in total. The van der Waals surface area contributed by atoms with Crippen LogP contribution in [-0.2, 0) is 22.4 Å². The minimum Gasteiger partial charge on any atom is -1.00 e. The summed E-state index contributed by atoms with van der Waals surface area (Å²) in [5, 5.41) is 48.9. The van der Waals surface area contributed by atoms with Gasteiger partial charge in [0.1, 0.15) is 30.2 Å². The number of aliphatic hydroxyl groups excluding tert-OH is 4. The largest absolute Gasteiger partial charge is 1.00 e. The molecular weight excluding hydrogens is 454 g/mol. The maximum absolute atomic E-state index is 11.1. The molecule has 2 aromatic rings. The molecule has 10 heteroatoms. The first-order valence-corrected chi connectivity index (χ1v) is 10.5. The number of hydrogen-bond donors (Lipinski definition) is 6. The number of hydrogen-bond acceptors (Lipinski definition) is 7.